The Labute approximate surface area is 257 Å². The SMILES string of the molecule is COCc1ncc2nc(COP(O)(=S)O[C@H]3[C@H](n4cnc5c(=O)[nH]c(N)nc54)OC4(CC4)[C@H]3F)n(CCOP(=O)(O)S)c2n1. The summed E-state index contributed by atoms with van der Waals surface area (Å²) in [4.78, 5) is 56.3. The number of aromatic amines is 1. The molecule has 5 atom stereocenters. The molecule has 2 fully saturated rings. The van der Waals surface area contributed by atoms with Crippen LogP contribution < -0.4 is 11.3 Å². The predicted molar refractivity (Wildman–Crippen MR) is 157 cm³/mol. The molecule has 238 valence electrons. The third-order valence-corrected chi connectivity index (χ3v) is 9.38. The Bertz CT molecular complexity index is 1880. The van der Waals surface area contributed by atoms with Crippen LogP contribution in [0.5, 0.6) is 0 Å². The van der Waals surface area contributed by atoms with Gasteiger partial charge >= 0.3 is 13.5 Å². The van der Waals surface area contributed by atoms with E-state index in [0.29, 0.717) is 29.8 Å². The van der Waals surface area contributed by atoms with E-state index < -0.39 is 49.8 Å². The number of aromatic nitrogens is 8. The first kappa shape index (κ1) is 31.6. The number of rotatable bonds is 12. The monoisotopic (exact) mass is 693 g/mol. The lowest BCUT2D eigenvalue weighted by Gasteiger charge is -2.25. The highest BCUT2D eigenvalue weighted by Gasteiger charge is 2.65. The molecular weight excluding hydrogens is 667 g/mol. The molecule has 0 bridgehead atoms. The Morgan fingerprint density at radius 2 is 2.02 bits per heavy atom. The van der Waals surface area contributed by atoms with Gasteiger partial charge in [0.1, 0.15) is 36.3 Å². The number of nitrogens with two attached hydrogens (primary N) is 1. The van der Waals surface area contributed by atoms with Crippen molar-refractivity contribution in [2.75, 3.05) is 19.5 Å². The first-order valence-corrected chi connectivity index (χ1v) is 18.2. The summed E-state index contributed by atoms with van der Waals surface area (Å²) in [5.74, 6) is 0.338. The number of methoxy groups -OCH3 is 1. The minimum atomic E-state index is -4.20. The van der Waals surface area contributed by atoms with Gasteiger partial charge in [-0.2, -0.15) is 4.98 Å². The van der Waals surface area contributed by atoms with Gasteiger partial charge in [-0.15, -0.1) is 0 Å². The van der Waals surface area contributed by atoms with Gasteiger partial charge < -0.3 is 34.1 Å². The fourth-order valence-corrected chi connectivity index (χ4v) is 6.78. The molecule has 18 nitrogen and oxygen atoms in total. The first-order valence-electron chi connectivity index (χ1n) is 12.9. The summed E-state index contributed by atoms with van der Waals surface area (Å²) in [7, 11) is 1.48. The summed E-state index contributed by atoms with van der Waals surface area (Å²) in [6.07, 6.45) is -0.908. The minimum absolute atomic E-state index is 0.0184. The van der Waals surface area contributed by atoms with Crippen LogP contribution >= 0.6 is 25.8 Å². The molecule has 5 N–H and O–H groups in total. The lowest BCUT2D eigenvalue weighted by molar-refractivity contribution is -0.0430. The molecular formula is C21H26FN9O9P2S2. The van der Waals surface area contributed by atoms with Crippen molar-refractivity contribution < 1.29 is 41.8 Å². The van der Waals surface area contributed by atoms with Crippen LogP contribution in [0.2, 0.25) is 0 Å². The standard InChI is InChI=1S/C21H26FN9O9P2S2/c1-36-7-11-24-6-10-16(27-11)30(4-5-37-41(33,34)43)12(26-10)8-38-42(35,44)40-14-15(22)21(2-3-21)39-19(14)31-9-25-13-17(31)28-20(23)29-18(13)32/h6,9,14-15,19H,2-5,7-8H2,1H3,(H,35,44)(H2,33,34,43)(H3,23,28,29,32)/t14-,15+,19-,42?/m1/s1. The van der Waals surface area contributed by atoms with Crippen LogP contribution in [0.4, 0.5) is 10.3 Å². The van der Waals surface area contributed by atoms with Crippen molar-refractivity contribution in [3.8, 4) is 0 Å². The van der Waals surface area contributed by atoms with Crippen LogP contribution in [0.25, 0.3) is 22.3 Å². The second-order valence-electron chi connectivity index (χ2n) is 9.99. The molecule has 1 spiro atoms. The molecule has 23 heteroatoms. The second kappa shape index (κ2) is 11.7. The van der Waals surface area contributed by atoms with Crippen molar-refractivity contribution in [2.45, 2.75) is 56.7 Å². The molecule has 1 aliphatic heterocycles. The number of H-pyrrole nitrogens is 1. The Hall–Kier alpha value is -2.42. The van der Waals surface area contributed by atoms with Crippen LogP contribution in [0, 0.1) is 0 Å². The van der Waals surface area contributed by atoms with E-state index in [2.05, 4.69) is 42.2 Å². The van der Waals surface area contributed by atoms with E-state index in [-0.39, 0.29) is 42.7 Å². The Kier molecular flexibility index (Phi) is 8.42. The van der Waals surface area contributed by atoms with Gasteiger partial charge in [0.05, 0.1) is 19.1 Å². The zero-order valence-corrected chi connectivity index (χ0v) is 26.2. The summed E-state index contributed by atoms with van der Waals surface area (Å²) in [6, 6.07) is 0. The van der Waals surface area contributed by atoms with Crippen molar-refractivity contribution in [3.63, 3.8) is 0 Å². The van der Waals surface area contributed by atoms with E-state index in [9.17, 15) is 19.1 Å². The predicted octanol–water partition coefficient (Wildman–Crippen LogP) is 1.25. The van der Waals surface area contributed by atoms with E-state index in [1.54, 1.807) is 0 Å². The van der Waals surface area contributed by atoms with Gasteiger partial charge in [-0.1, -0.05) is 12.2 Å². The van der Waals surface area contributed by atoms with Crippen LogP contribution in [0.3, 0.4) is 0 Å². The number of hydrogen-bond acceptors (Lipinski definition) is 14. The number of halogens is 1. The third-order valence-electron chi connectivity index (χ3n) is 6.97. The van der Waals surface area contributed by atoms with Crippen molar-refractivity contribution in [1.29, 1.82) is 0 Å². The number of ether oxygens (including phenoxy) is 2. The van der Waals surface area contributed by atoms with Gasteiger partial charge in [-0.25, -0.2) is 28.9 Å². The maximum atomic E-state index is 15.8. The summed E-state index contributed by atoms with van der Waals surface area (Å²) < 4.78 is 57.4. The number of nitrogens with zero attached hydrogens (tertiary/aromatic N) is 7. The molecule has 1 aliphatic carbocycles. The van der Waals surface area contributed by atoms with Crippen molar-refractivity contribution in [3.05, 3.63) is 34.5 Å². The number of nitrogens with one attached hydrogen (secondary N) is 1. The van der Waals surface area contributed by atoms with E-state index in [1.165, 1.54) is 28.8 Å². The van der Waals surface area contributed by atoms with Crippen molar-refractivity contribution in [1.82, 2.24) is 39.0 Å². The Morgan fingerprint density at radius 3 is 2.73 bits per heavy atom. The van der Waals surface area contributed by atoms with Gasteiger partial charge in [0.15, 0.2) is 35.0 Å². The molecule has 2 unspecified atom stereocenters. The summed E-state index contributed by atoms with van der Waals surface area (Å²) in [5.41, 5.74) is 4.58. The lowest BCUT2D eigenvalue weighted by atomic mass is 10.1. The van der Waals surface area contributed by atoms with Crippen molar-refractivity contribution >= 4 is 65.8 Å². The molecule has 0 radical (unpaired) electrons. The van der Waals surface area contributed by atoms with E-state index in [1.807, 2.05) is 0 Å². The van der Waals surface area contributed by atoms with Crippen LogP contribution in [-0.2, 0) is 59.2 Å². The van der Waals surface area contributed by atoms with Crippen molar-refractivity contribution in [2.24, 2.45) is 0 Å². The number of fused-ring (bicyclic) bond motifs is 2. The highest BCUT2D eigenvalue weighted by Crippen LogP contribution is 2.59. The number of imidazole rings is 2. The first-order chi connectivity index (χ1) is 20.8. The fraction of sp³-hybridized carbons (Fsp3) is 0.524. The molecule has 44 heavy (non-hydrogen) atoms. The zero-order chi connectivity index (χ0) is 31.4. The van der Waals surface area contributed by atoms with E-state index in [0.717, 1.165) is 0 Å². The highest BCUT2D eigenvalue weighted by atomic mass is 32.7. The molecule has 0 aromatic carbocycles. The number of nitrogen functional groups attached to an aromatic ring is 1. The molecule has 4 aromatic heterocycles. The average Bonchev–Trinajstić information content (AvgIpc) is 3.37. The highest BCUT2D eigenvalue weighted by molar-refractivity contribution is 8.44. The zero-order valence-electron chi connectivity index (χ0n) is 22.7. The maximum absolute atomic E-state index is 15.8. The number of alkyl halides is 1. The summed E-state index contributed by atoms with van der Waals surface area (Å²) >= 11 is 8.77. The van der Waals surface area contributed by atoms with Crippen LogP contribution in [0.15, 0.2) is 17.3 Å². The van der Waals surface area contributed by atoms with Gasteiger partial charge in [-0.05, 0) is 24.6 Å². The van der Waals surface area contributed by atoms with Gasteiger partial charge in [-0.3, -0.25) is 23.4 Å². The molecule has 1 saturated carbocycles. The molecule has 6 rings (SSSR count). The molecule has 2 aliphatic rings. The second-order valence-corrected chi connectivity index (χ2v) is 15.5. The normalized spacial score (nSPS) is 23.8. The quantitative estimate of drug-likeness (QED) is 0.104. The topological polar surface area (TPSA) is 237 Å². The number of thiol groups is 1. The minimum Gasteiger partial charge on any atom is -0.377 e. The van der Waals surface area contributed by atoms with Gasteiger partial charge in [0.25, 0.3) is 5.56 Å². The van der Waals surface area contributed by atoms with Crippen LogP contribution in [-0.4, -0.2) is 80.4 Å². The van der Waals surface area contributed by atoms with Crippen LogP contribution in [0.1, 0.15) is 30.7 Å². The maximum Gasteiger partial charge on any atom is 0.383 e. The van der Waals surface area contributed by atoms with E-state index >= 15 is 4.39 Å². The molecule has 4 aromatic rings. The average molecular weight is 694 g/mol. The van der Waals surface area contributed by atoms with Gasteiger partial charge in [0.2, 0.25) is 5.95 Å². The molecule has 1 saturated heterocycles. The smallest absolute Gasteiger partial charge is 0.377 e. The fourth-order valence-electron chi connectivity index (χ4n) is 4.90. The summed E-state index contributed by atoms with van der Waals surface area (Å²) in [5, 5.41) is 0. The summed E-state index contributed by atoms with van der Waals surface area (Å²) in [6.45, 7) is -8.87. The third kappa shape index (κ3) is 6.32. The van der Waals surface area contributed by atoms with Gasteiger partial charge in [0, 0.05) is 13.7 Å². The Balaban J connectivity index is 1.25. The largest absolute Gasteiger partial charge is 0.383 e. The Morgan fingerprint density at radius 1 is 1.25 bits per heavy atom. The molecule has 5 heterocycles. The van der Waals surface area contributed by atoms with E-state index in [4.69, 9.17) is 40.6 Å². The lowest BCUT2D eigenvalue weighted by Crippen LogP contribution is -2.31. The number of anilines is 1. The molecule has 0 amide bonds. The number of hydrogen-bond donors (Lipinski definition) is 5.